The molecule has 0 spiro atoms. The van der Waals surface area contributed by atoms with Gasteiger partial charge in [-0.2, -0.15) is 5.10 Å². The van der Waals surface area contributed by atoms with Crippen molar-refractivity contribution in [2.45, 2.75) is 38.1 Å². The lowest BCUT2D eigenvalue weighted by molar-refractivity contribution is -0.140. The smallest absolute Gasteiger partial charge is 0.312 e. The van der Waals surface area contributed by atoms with Crippen LogP contribution in [-0.4, -0.2) is 46.7 Å². The second-order valence-electron chi connectivity index (χ2n) is 7.44. The number of carbonyl (C=O) groups is 1. The normalized spacial score (nSPS) is 19.5. The van der Waals surface area contributed by atoms with E-state index < -0.39 is 11.9 Å². The highest BCUT2D eigenvalue weighted by Gasteiger charge is 2.25. The van der Waals surface area contributed by atoms with E-state index in [1.165, 1.54) is 0 Å². The number of carboxylic acid groups (broad SMARTS) is 1. The summed E-state index contributed by atoms with van der Waals surface area (Å²) >= 11 is 0. The van der Waals surface area contributed by atoms with Gasteiger partial charge in [0, 0.05) is 38.9 Å². The number of anilines is 1. The zero-order valence-corrected chi connectivity index (χ0v) is 17.4. The summed E-state index contributed by atoms with van der Waals surface area (Å²) in [5, 5.41) is 16.8. The van der Waals surface area contributed by atoms with Crippen LogP contribution in [0.3, 0.4) is 0 Å². The molecule has 1 aromatic rings. The van der Waals surface area contributed by atoms with Crippen LogP contribution in [0, 0.1) is 11.8 Å². The van der Waals surface area contributed by atoms with E-state index in [0.29, 0.717) is 5.92 Å². The number of rotatable bonds is 13. The van der Waals surface area contributed by atoms with Crippen LogP contribution in [0.2, 0.25) is 0 Å². The van der Waals surface area contributed by atoms with E-state index in [2.05, 4.69) is 39.2 Å². The summed E-state index contributed by atoms with van der Waals surface area (Å²) in [7, 11) is 3.94. The number of carboxylic acids is 1. The molecule has 158 valence electrons. The Hall–Kier alpha value is -2.67. The van der Waals surface area contributed by atoms with Gasteiger partial charge in [-0.15, -0.1) is 6.58 Å². The van der Waals surface area contributed by atoms with E-state index in [1.54, 1.807) is 23.2 Å². The Bertz CT molecular complexity index is 737. The number of aliphatic imine (C=N–C) groups is 1. The fourth-order valence-electron chi connectivity index (χ4n) is 3.32. The average molecular weight is 400 g/mol. The van der Waals surface area contributed by atoms with Crippen molar-refractivity contribution in [3.05, 3.63) is 49.6 Å². The molecule has 2 heterocycles. The highest BCUT2D eigenvalue weighted by Crippen LogP contribution is 2.18. The van der Waals surface area contributed by atoms with Crippen molar-refractivity contribution in [3.63, 3.8) is 0 Å². The number of unbranched alkanes of at least 4 members (excludes halogenated alkanes) is 2. The lowest BCUT2D eigenvalue weighted by Crippen LogP contribution is -2.41. The van der Waals surface area contributed by atoms with E-state index in [-0.39, 0.29) is 6.04 Å². The zero-order valence-electron chi connectivity index (χ0n) is 17.4. The molecule has 7 heteroatoms. The quantitative estimate of drug-likeness (QED) is 0.392. The van der Waals surface area contributed by atoms with Crippen molar-refractivity contribution in [2.75, 3.05) is 18.5 Å². The highest BCUT2D eigenvalue weighted by molar-refractivity contribution is 5.81. The molecule has 3 unspecified atom stereocenters. The molecule has 2 N–H and O–H groups in total. The van der Waals surface area contributed by atoms with Gasteiger partial charge in [0.1, 0.15) is 0 Å². The van der Waals surface area contributed by atoms with E-state index in [0.717, 1.165) is 44.3 Å². The molecule has 1 aliphatic rings. The van der Waals surface area contributed by atoms with Crippen LogP contribution in [0.4, 0.5) is 5.69 Å². The number of hydrogen-bond donors (Lipinski definition) is 2. The van der Waals surface area contributed by atoms with Crippen molar-refractivity contribution < 1.29 is 9.90 Å². The first-order chi connectivity index (χ1) is 14.0. The van der Waals surface area contributed by atoms with Crippen LogP contribution in [0.5, 0.6) is 0 Å². The SMILES string of the molecule is C=CCC(/C=C/N(C)c1cnn(C)c1)CCCCCNC1C=NC=CC1C(=O)O. The molecular formula is C22H33N5O2. The summed E-state index contributed by atoms with van der Waals surface area (Å²) in [6, 6.07) is -0.225. The number of hydrogen-bond acceptors (Lipinski definition) is 5. The summed E-state index contributed by atoms with van der Waals surface area (Å²) < 4.78 is 1.79. The number of aryl methyl sites for hydroxylation is 1. The van der Waals surface area contributed by atoms with Gasteiger partial charge in [0.25, 0.3) is 0 Å². The first-order valence-electron chi connectivity index (χ1n) is 10.2. The van der Waals surface area contributed by atoms with Gasteiger partial charge in [0.2, 0.25) is 0 Å². The van der Waals surface area contributed by atoms with Gasteiger partial charge < -0.3 is 15.3 Å². The third kappa shape index (κ3) is 7.69. The molecule has 2 rings (SSSR count). The van der Waals surface area contributed by atoms with Crippen molar-refractivity contribution in [1.29, 1.82) is 0 Å². The molecule has 0 radical (unpaired) electrons. The van der Waals surface area contributed by atoms with Gasteiger partial charge in [0.05, 0.1) is 23.8 Å². The predicted molar refractivity (Wildman–Crippen MR) is 118 cm³/mol. The lowest BCUT2D eigenvalue weighted by Gasteiger charge is -2.21. The van der Waals surface area contributed by atoms with Gasteiger partial charge in [-0.25, -0.2) is 0 Å². The summed E-state index contributed by atoms with van der Waals surface area (Å²) in [4.78, 5) is 17.4. The molecule has 29 heavy (non-hydrogen) atoms. The third-order valence-electron chi connectivity index (χ3n) is 5.08. The Morgan fingerprint density at radius 2 is 2.28 bits per heavy atom. The zero-order chi connectivity index (χ0) is 21.1. The van der Waals surface area contributed by atoms with Crippen LogP contribution >= 0.6 is 0 Å². The molecule has 1 aliphatic heterocycles. The molecule has 3 atom stereocenters. The molecule has 7 nitrogen and oxygen atoms in total. The molecule has 0 saturated carbocycles. The van der Waals surface area contributed by atoms with Gasteiger partial charge in [0.15, 0.2) is 0 Å². The summed E-state index contributed by atoms with van der Waals surface area (Å²) in [6.07, 6.45) is 20.3. The van der Waals surface area contributed by atoms with Crippen molar-refractivity contribution in [2.24, 2.45) is 23.9 Å². The molecule has 0 fully saturated rings. The van der Waals surface area contributed by atoms with Crippen molar-refractivity contribution >= 4 is 17.9 Å². The molecule has 0 bridgehead atoms. The van der Waals surface area contributed by atoms with Gasteiger partial charge in [-0.1, -0.05) is 31.1 Å². The fourth-order valence-corrected chi connectivity index (χ4v) is 3.32. The monoisotopic (exact) mass is 399 g/mol. The maximum Gasteiger partial charge on any atom is 0.312 e. The number of allylic oxidation sites excluding steroid dienone is 2. The summed E-state index contributed by atoms with van der Waals surface area (Å²) in [5.74, 6) is -0.891. The predicted octanol–water partition coefficient (Wildman–Crippen LogP) is 3.38. The molecule has 0 amide bonds. The minimum atomic E-state index is -0.819. The van der Waals surface area contributed by atoms with Crippen LogP contribution in [0.15, 0.2) is 54.6 Å². The second-order valence-corrected chi connectivity index (χ2v) is 7.44. The van der Waals surface area contributed by atoms with E-state index >= 15 is 0 Å². The first-order valence-corrected chi connectivity index (χ1v) is 10.2. The Morgan fingerprint density at radius 1 is 1.45 bits per heavy atom. The minimum absolute atomic E-state index is 0.225. The van der Waals surface area contributed by atoms with Crippen LogP contribution in [0.1, 0.15) is 32.1 Å². The maximum atomic E-state index is 11.3. The number of nitrogens with one attached hydrogen (secondary N) is 1. The largest absolute Gasteiger partial charge is 0.481 e. The Balaban J connectivity index is 1.68. The maximum absolute atomic E-state index is 11.3. The average Bonchev–Trinajstić information content (AvgIpc) is 3.15. The number of aliphatic carboxylic acids is 1. The summed E-state index contributed by atoms with van der Waals surface area (Å²) in [5.41, 5.74) is 1.06. The molecule has 0 aromatic carbocycles. The standard InChI is InChI=1S/C22H33N5O2/c1-4-8-18(11-14-26(2)19-15-25-27(3)17-19)9-6-5-7-12-24-21-16-23-13-10-20(21)22(28)29/h4,10-11,13-18,20-21,24H,1,5-9,12H2,2-3H3,(H,28,29)/b14-11+. The third-order valence-corrected chi connectivity index (χ3v) is 5.08. The van der Waals surface area contributed by atoms with Crippen LogP contribution in [0.25, 0.3) is 0 Å². The number of aromatic nitrogens is 2. The van der Waals surface area contributed by atoms with E-state index in [9.17, 15) is 9.90 Å². The lowest BCUT2D eigenvalue weighted by atomic mass is 9.97. The van der Waals surface area contributed by atoms with Crippen molar-refractivity contribution in [1.82, 2.24) is 15.1 Å². The Morgan fingerprint density at radius 3 is 2.97 bits per heavy atom. The topological polar surface area (TPSA) is 82.8 Å². The molecule has 0 aliphatic carbocycles. The van der Waals surface area contributed by atoms with Crippen LogP contribution in [-0.2, 0) is 11.8 Å². The highest BCUT2D eigenvalue weighted by atomic mass is 16.4. The Kier molecular flexibility index (Phi) is 9.37. The van der Waals surface area contributed by atoms with E-state index in [4.69, 9.17) is 0 Å². The molecular weight excluding hydrogens is 366 g/mol. The Labute approximate surface area is 173 Å². The van der Waals surface area contributed by atoms with Crippen LogP contribution < -0.4 is 10.2 Å². The number of nitrogens with zero attached hydrogens (tertiary/aromatic N) is 4. The van der Waals surface area contributed by atoms with Crippen molar-refractivity contribution in [3.8, 4) is 0 Å². The minimum Gasteiger partial charge on any atom is -0.481 e. The van der Waals surface area contributed by atoms with Gasteiger partial charge >= 0.3 is 5.97 Å². The summed E-state index contributed by atoms with van der Waals surface area (Å²) in [6.45, 7) is 4.67. The molecule has 1 aromatic heterocycles. The van der Waals surface area contributed by atoms with Gasteiger partial charge in [-0.3, -0.25) is 14.5 Å². The molecule has 0 saturated heterocycles. The van der Waals surface area contributed by atoms with Gasteiger partial charge in [-0.05, 0) is 31.7 Å². The second kappa shape index (κ2) is 12.0. The first kappa shape index (κ1) is 22.6. The van der Waals surface area contributed by atoms with E-state index in [1.807, 2.05) is 32.6 Å². The fraction of sp³-hybridized carbons (Fsp3) is 0.500.